The van der Waals surface area contributed by atoms with Gasteiger partial charge in [-0.3, -0.25) is 0 Å². The van der Waals surface area contributed by atoms with E-state index in [1.54, 1.807) is 25.1 Å². The third-order valence-corrected chi connectivity index (χ3v) is 4.22. The lowest BCUT2D eigenvalue weighted by atomic mass is 10.4. The molecule has 0 aliphatic heterocycles. The SMILES string of the molecule is CCNS(=O)(=O)c1cc(I)ccc1Cl. The molecular formula is C8H9ClINO2S. The highest BCUT2D eigenvalue weighted by molar-refractivity contribution is 14.1. The Morgan fingerprint density at radius 1 is 1.50 bits per heavy atom. The molecule has 0 spiro atoms. The lowest BCUT2D eigenvalue weighted by Crippen LogP contribution is -2.23. The third kappa shape index (κ3) is 2.82. The summed E-state index contributed by atoms with van der Waals surface area (Å²) < 4.78 is 26.4. The molecule has 0 amide bonds. The molecule has 78 valence electrons. The fraction of sp³-hybridized carbons (Fsp3) is 0.250. The Hall–Kier alpha value is 0.150. The van der Waals surface area contributed by atoms with Crippen molar-refractivity contribution in [3.05, 3.63) is 26.8 Å². The van der Waals surface area contributed by atoms with E-state index in [9.17, 15) is 8.42 Å². The van der Waals surface area contributed by atoms with Gasteiger partial charge in [-0.25, -0.2) is 13.1 Å². The fourth-order valence-electron chi connectivity index (χ4n) is 0.951. The van der Waals surface area contributed by atoms with E-state index in [0.29, 0.717) is 6.54 Å². The zero-order chi connectivity index (χ0) is 10.8. The van der Waals surface area contributed by atoms with Crippen LogP contribution in [0.15, 0.2) is 23.1 Å². The first-order valence-corrected chi connectivity index (χ1v) is 6.86. The van der Waals surface area contributed by atoms with E-state index in [0.717, 1.165) is 3.57 Å². The number of benzene rings is 1. The first kappa shape index (κ1) is 12.2. The normalized spacial score (nSPS) is 11.6. The van der Waals surface area contributed by atoms with Crippen molar-refractivity contribution in [2.45, 2.75) is 11.8 Å². The molecule has 0 radical (unpaired) electrons. The zero-order valence-electron chi connectivity index (χ0n) is 7.42. The van der Waals surface area contributed by atoms with Crippen LogP contribution < -0.4 is 4.72 Å². The molecule has 14 heavy (non-hydrogen) atoms. The standard InChI is InChI=1S/C8H9ClINO2S/c1-2-11-14(12,13)8-5-6(10)3-4-7(8)9/h3-5,11H,2H2,1H3. The van der Waals surface area contributed by atoms with Gasteiger partial charge >= 0.3 is 0 Å². The predicted octanol–water partition coefficient (Wildman–Crippen LogP) is 2.24. The number of hydrogen-bond donors (Lipinski definition) is 1. The molecule has 0 aromatic heterocycles. The van der Waals surface area contributed by atoms with Gasteiger partial charge in [0.1, 0.15) is 4.90 Å². The van der Waals surface area contributed by atoms with Crippen LogP contribution in [0.3, 0.4) is 0 Å². The Labute approximate surface area is 102 Å². The number of sulfonamides is 1. The Kier molecular flexibility index (Phi) is 4.17. The summed E-state index contributed by atoms with van der Waals surface area (Å²) in [5.74, 6) is 0. The van der Waals surface area contributed by atoms with Gasteiger partial charge in [-0.2, -0.15) is 0 Å². The van der Waals surface area contributed by atoms with Crippen LogP contribution in [0, 0.1) is 3.57 Å². The molecule has 0 saturated heterocycles. The minimum Gasteiger partial charge on any atom is -0.211 e. The van der Waals surface area contributed by atoms with E-state index in [2.05, 4.69) is 4.72 Å². The third-order valence-electron chi connectivity index (χ3n) is 1.52. The number of rotatable bonds is 3. The zero-order valence-corrected chi connectivity index (χ0v) is 11.1. The smallest absolute Gasteiger partial charge is 0.211 e. The minimum atomic E-state index is -3.45. The maximum atomic E-state index is 11.6. The van der Waals surface area contributed by atoms with Crippen molar-refractivity contribution < 1.29 is 8.42 Å². The van der Waals surface area contributed by atoms with Gasteiger partial charge in [0.2, 0.25) is 10.0 Å². The summed E-state index contributed by atoms with van der Waals surface area (Å²) in [6, 6.07) is 4.88. The van der Waals surface area contributed by atoms with Crippen molar-refractivity contribution in [3.8, 4) is 0 Å². The highest BCUT2D eigenvalue weighted by Gasteiger charge is 2.16. The van der Waals surface area contributed by atoms with E-state index in [1.807, 2.05) is 22.6 Å². The summed E-state index contributed by atoms with van der Waals surface area (Å²) in [7, 11) is -3.45. The van der Waals surface area contributed by atoms with Gasteiger partial charge in [0.05, 0.1) is 5.02 Å². The van der Waals surface area contributed by atoms with Crippen LogP contribution in [0.25, 0.3) is 0 Å². The predicted molar refractivity (Wildman–Crippen MR) is 65.0 cm³/mol. The minimum absolute atomic E-state index is 0.132. The average molecular weight is 346 g/mol. The maximum Gasteiger partial charge on any atom is 0.242 e. The van der Waals surface area contributed by atoms with Crippen molar-refractivity contribution in [3.63, 3.8) is 0 Å². The van der Waals surface area contributed by atoms with Crippen molar-refractivity contribution >= 4 is 44.2 Å². The van der Waals surface area contributed by atoms with Gasteiger partial charge < -0.3 is 0 Å². The summed E-state index contributed by atoms with van der Waals surface area (Å²) >= 11 is 7.83. The highest BCUT2D eigenvalue weighted by Crippen LogP contribution is 2.23. The summed E-state index contributed by atoms with van der Waals surface area (Å²) in [5.41, 5.74) is 0. The molecule has 6 heteroatoms. The quantitative estimate of drug-likeness (QED) is 0.854. The van der Waals surface area contributed by atoms with Crippen LogP contribution in [-0.4, -0.2) is 15.0 Å². The van der Waals surface area contributed by atoms with Gasteiger partial charge in [-0.1, -0.05) is 18.5 Å². The highest BCUT2D eigenvalue weighted by atomic mass is 127. The van der Waals surface area contributed by atoms with Crippen LogP contribution in [0.4, 0.5) is 0 Å². The second kappa shape index (κ2) is 4.78. The van der Waals surface area contributed by atoms with Crippen LogP contribution >= 0.6 is 34.2 Å². The summed E-state index contributed by atoms with van der Waals surface area (Å²) in [6.45, 7) is 2.07. The molecule has 0 heterocycles. The summed E-state index contributed by atoms with van der Waals surface area (Å²) in [5, 5.41) is 0.242. The fourth-order valence-corrected chi connectivity index (χ4v) is 3.22. The first-order chi connectivity index (χ1) is 6.47. The van der Waals surface area contributed by atoms with Gasteiger partial charge in [-0.05, 0) is 40.8 Å². The molecule has 1 aromatic rings. The molecule has 0 aliphatic carbocycles. The average Bonchev–Trinajstić information content (AvgIpc) is 2.09. The molecular weight excluding hydrogens is 337 g/mol. The van der Waals surface area contributed by atoms with Crippen LogP contribution in [-0.2, 0) is 10.0 Å². The van der Waals surface area contributed by atoms with Crippen molar-refractivity contribution in [1.29, 1.82) is 0 Å². The number of halogens is 2. The van der Waals surface area contributed by atoms with Gasteiger partial charge in [0.15, 0.2) is 0 Å². The maximum absolute atomic E-state index is 11.6. The second-order valence-corrected chi connectivity index (χ2v) is 5.96. The Bertz CT molecular complexity index is 433. The van der Waals surface area contributed by atoms with Crippen LogP contribution in [0.2, 0.25) is 5.02 Å². The van der Waals surface area contributed by atoms with E-state index < -0.39 is 10.0 Å². The molecule has 1 N–H and O–H groups in total. The van der Waals surface area contributed by atoms with Gasteiger partial charge in [0.25, 0.3) is 0 Å². The van der Waals surface area contributed by atoms with E-state index >= 15 is 0 Å². The Morgan fingerprint density at radius 3 is 2.71 bits per heavy atom. The molecule has 0 atom stereocenters. The van der Waals surface area contributed by atoms with Gasteiger partial charge in [-0.15, -0.1) is 0 Å². The monoisotopic (exact) mass is 345 g/mol. The number of hydrogen-bond acceptors (Lipinski definition) is 2. The molecule has 1 rings (SSSR count). The van der Waals surface area contributed by atoms with Crippen molar-refractivity contribution in [2.75, 3.05) is 6.54 Å². The van der Waals surface area contributed by atoms with E-state index in [1.165, 1.54) is 0 Å². The van der Waals surface area contributed by atoms with Gasteiger partial charge in [0, 0.05) is 10.1 Å². The van der Waals surface area contributed by atoms with Crippen molar-refractivity contribution in [2.24, 2.45) is 0 Å². The number of nitrogens with one attached hydrogen (secondary N) is 1. The molecule has 0 fully saturated rings. The largest absolute Gasteiger partial charge is 0.242 e. The Morgan fingerprint density at radius 2 is 2.14 bits per heavy atom. The summed E-state index contributed by atoms with van der Waals surface area (Å²) in [6.07, 6.45) is 0. The topological polar surface area (TPSA) is 46.2 Å². The molecule has 0 saturated carbocycles. The second-order valence-electron chi connectivity index (χ2n) is 2.58. The van der Waals surface area contributed by atoms with Crippen molar-refractivity contribution in [1.82, 2.24) is 4.72 Å². The Balaban J connectivity index is 3.25. The van der Waals surface area contributed by atoms with E-state index in [-0.39, 0.29) is 9.92 Å². The van der Waals surface area contributed by atoms with Crippen LogP contribution in [0.5, 0.6) is 0 Å². The lowest BCUT2D eigenvalue weighted by Gasteiger charge is -2.06. The van der Waals surface area contributed by atoms with Crippen LogP contribution in [0.1, 0.15) is 6.92 Å². The molecule has 0 unspecified atom stereocenters. The molecule has 3 nitrogen and oxygen atoms in total. The molecule has 0 aliphatic rings. The lowest BCUT2D eigenvalue weighted by molar-refractivity contribution is 0.584. The molecule has 1 aromatic carbocycles. The first-order valence-electron chi connectivity index (χ1n) is 3.92. The van der Waals surface area contributed by atoms with E-state index in [4.69, 9.17) is 11.6 Å². The summed E-state index contributed by atoms with van der Waals surface area (Å²) in [4.78, 5) is 0.132. The molecule has 0 bridgehead atoms.